The summed E-state index contributed by atoms with van der Waals surface area (Å²) in [6, 6.07) is 11.6. The molecule has 0 aliphatic carbocycles. The molecule has 1 aromatic carbocycles. The molecule has 194 valence electrons. The summed E-state index contributed by atoms with van der Waals surface area (Å²) in [4.78, 5) is 18.4. The summed E-state index contributed by atoms with van der Waals surface area (Å²) in [6.45, 7) is 11.6. The molecule has 3 heterocycles. The highest BCUT2D eigenvalue weighted by Crippen LogP contribution is 2.43. The van der Waals surface area contributed by atoms with Crippen LogP contribution in [0.4, 0.5) is 9.18 Å². The van der Waals surface area contributed by atoms with Gasteiger partial charge in [0.2, 0.25) is 5.88 Å². The number of ether oxygens (including phenoxy) is 2. The van der Waals surface area contributed by atoms with Crippen molar-refractivity contribution in [3.05, 3.63) is 59.5 Å². The predicted octanol–water partition coefficient (Wildman–Crippen LogP) is 5.82. The third-order valence-corrected chi connectivity index (χ3v) is 6.03. The van der Waals surface area contributed by atoms with Crippen LogP contribution in [0, 0.1) is 0 Å². The lowest BCUT2D eigenvalue weighted by Crippen LogP contribution is -2.47. The maximum atomic E-state index is 14.9. The number of hydrogen-bond donors (Lipinski definition) is 1. The fraction of sp³-hybridized carbons (Fsp3) is 0.500. The van der Waals surface area contributed by atoms with Crippen molar-refractivity contribution in [2.75, 3.05) is 19.7 Å². The standard InChI is InChI=1S/C28H36FN3O4/c1-18-15-21-20-9-7-8-10-22(20)35-25(21)24(32(18)17-28(5,6)29)19-11-12-23(31-16-19)34-14-13-30-26(33)36-27(2,3)4/h7-12,16,18,24H,13-15,17H2,1-6H3,(H,30,33). The van der Waals surface area contributed by atoms with Gasteiger partial charge in [-0.2, -0.15) is 0 Å². The number of halogens is 1. The van der Waals surface area contributed by atoms with Crippen LogP contribution in [0.2, 0.25) is 0 Å². The zero-order valence-corrected chi connectivity index (χ0v) is 21.9. The van der Waals surface area contributed by atoms with E-state index in [1.807, 2.05) is 45.0 Å². The van der Waals surface area contributed by atoms with Crippen LogP contribution in [0.1, 0.15) is 64.5 Å². The van der Waals surface area contributed by atoms with E-state index in [0.717, 1.165) is 28.7 Å². The molecule has 2 aromatic heterocycles. The van der Waals surface area contributed by atoms with Crippen molar-refractivity contribution in [3.63, 3.8) is 0 Å². The molecule has 0 saturated heterocycles. The number of carbonyl (C=O) groups is 1. The molecular weight excluding hydrogens is 461 g/mol. The first-order valence-electron chi connectivity index (χ1n) is 12.4. The lowest BCUT2D eigenvalue weighted by atomic mass is 9.88. The van der Waals surface area contributed by atoms with E-state index in [1.165, 1.54) is 5.56 Å². The quantitative estimate of drug-likeness (QED) is 0.415. The number of hydrogen-bond acceptors (Lipinski definition) is 6. The Balaban J connectivity index is 1.52. The zero-order valence-electron chi connectivity index (χ0n) is 21.9. The van der Waals surface area contributed by atoms with Gasteiger partial charge in [-0.25, -0.2) is 14.2 Å². The number of furan rings is 1. The van der Waals surface area contributed by atoms with Gasteiger partial charge in [-0.15, -0.1) is 0 Å². The molecule has 36 heavy (non-hydrogen) atoms. The van der Waals surface area contributed by atoms with E-state index in [4.69, 9.17) is 13.9 Å². The van der Waals surface area contributed by atoms with Crippen LogP contribution in [0.5, 0.6) is 5.88 Å². The molecule has 1 N–H and O–H groups in total. The molecule has 2 atom stereocenters. The lowest BCUT2D eigenvalue weighted by Gasteiger charge is -2.41. The van der Waals surface area contributed by atoms with Crippen molar-refractivity contribution in [1.29, 1.82) is 0 Å². The monoisotopic (exact) mass is 497 g/mol. The smallest absolute Gasteiger partial charge is 0.407 e. The third kappa shape index (κ3) is 6.16. The summed E-state index contributed by atoms with van der Waals surface area (Å²) in [7, 11) is 0. The van der Waals surface area contributed by atoms with Gasteiger partial charge in [-0.1, -0.05) is 24.3 Å². The Morgan fingerprint density at radius 2 is 1.94 bits per heavy atom. The second-order valence-electron chi connectivity index (χ2n) is 11.0. The Labute approximate surface area is 212 Å². The molecule has 0 radical (unpaired) electrons. The number of carbonyl (C=O) groups excluding carboxylic acids is 1. The van der Waals surface area contributed by atoms with Crippen LogP contribution in [0.15, 0.2) is 47.0 Å². The zero-order chi connectivity index (χ0) is 26.1. The number of nitrogens with zero attached hydrogens (tertiary/aromatic N) is 2. The summed E-state index contributed by atoms with van der Waals surface area (Å²) >= 11 is 0. The van der Waals surface area contributed by atoms with E-state index in [9.17, 15) is 9.18 Å². The van der Waals surface area contributed by atoms with Crippen molar-refractivity contribution in [2.45, 2.75) is 71.3 Å². The number of benzene rings is 1. The number of aromatic nitrogens is 1. The number of fused-ring (bicyclic) bond motifs is 3. The van der Waals surface area contributed by atoms with Gasteiger partial charge in [0.15, 0.2) is 0 Å². The molecular formula is C28H36FN3O4. The van der Waals surface area contributed by atoms with Crippen LogP contribution >= 0.6 is 0 Å². The number of alkyl halides is 1. The summed E-state index contributed by atoms with van der Waals surface area (Å²) in [6.07, 6.45) is 2.06. The Morgan fingerprint density at radius 1 is 1.19 bits per heavy atom. The van der Waals surface area contributed by atoms with Gasteiger partial charge in [-0.05, 0) is 59.6 Å². The molecule has 3 aromatic rings. The van der Waals surface area contributed by atoms with E-state index in [1.54, 1.807) is 26.1 Å². The minimum absolute atomic E-state index is 0.119. The molecule has 7 nitrogen and oxygen atoms in total. The van der Waals surface area contributed by atoms with Crippen molar-refractivity contribution >= 4 is 17.1 Å². The van der Waals surface area contributed by atoms with Crippen LogP contribution < -0.4 is 10.1 Å². The predicted molar refractivity (Wildman–Crippen MR) is 137 cm³/mol. The first kappa shape index (κ1) is 25.9. The van der Waals surface area contributed by atoms with Gasteiger partial charge in [0.05, 0.1) is 12.6 Å². The first-order chi connectivity index (χ1) is 16.9. The molecule has 0 bridgehead atoms. The average molecular weight is 498 g/mol. The molecule has 0 fully saturated rings. The van der Waals surface area contributed by atoms with E-state index in [2.05, 4.69) is 28.2 Å². The van der Waals surface area contributed by atoms with Crippen LogP contribution in [-0.4, -0.2) is 53.0 Å². The maximum Gasteiger partial charge on any atom is 0.407 e. The Hall–Kier alpha value is -3.13. The summed E-state index contributed by atoms with van der Waals surface area (Å²) < 4.78 is 32.1. The summed E-state index contributed by atoms with van der Waals surface area (Å²) in [5.41, 5.74) is 0.999. The molecule has 1 aliphatic heterocycles. The van der Waals surface area contributed by atoms with Gasteiger partial charge < -0.3 is 19.2 Å². The van der Waals surface area contributed by atoms with Gasteiger partial charge in [0.1, 0.15) is 29.2 Å². The Bertz CT molecular complexity index is 1190. The first-order valence-corrected chi connectivity index (χ1v) is 12.4. The number of nitrogens with one attached hydrogen (secondary N) is 1. The van der Waals surface area contributed by atoms with E-state index in [-0.39, 0.29) is 25.2 Å². The van der Waals surface area contributed by atoms with Gasteiger partial charge >= 0.3 is 6.09 Å². The number of para-hydroxylation sites is 1. The molecule has 0 saturated carbocycles. The Kier molecular flexibility index (Phi) is 7.27. The number of rotatable bonds is 7. The molecule has 1 aliphatic rings. The molecule has 1 amide bonds. The minimum Gasteiger partial charge on any atom is -0.476 e. The van der Waals surface area contributed by atoms with Crippen LogP contribution in [-0.2, 0) is 11.2 Å². The highest BCUT2D eigenvalue weighted by molar-refractivity contribution is 5.83. The highest BCUT2D eigenvalue weighted by Gasteiger charge is 2.40. The molecule has 0 spiro atoms. The lowest BCUT2D eigenvalue weighted by molar-refractivity contribution is 0.0519. The SMILES string of the molecule is CC1Cc2c(oc3ccccc23)C(c2ccc(OCCNC(=O)OC(C)(C)C)nc2)N1CC(C)(C)F. The average Bonchev–Trinajstić information content (AvgIpc) is 3.14. The molecule has 8 heteroatoms. The third-order valence-electron chi connectivity index (χ3n) is 6.03. The largest absolute Gasteiger partial charge is 0.476 e. The maximum absolute atomic E-state index is 14.9. The second kappa shape index (κ2) is 10.1. The van der Waals surface area contributed by atoms with Gasteiger partial charge in [-0.3, -0.25) is 4.90 Å². The molecule has 2 unspecified atom stereocenters. The van der Waals surface area contributed by atoms with Crippen LogP contribution in [0.25, 0.3) is 11.0 Å². The summed E-state index contributed by atoms with van der Waals surface area (Å²) in [5, 5.41) is 3.77. The van der Waals surface area contributed by atoms with E-state index < -0.39 is 17.4 Å². The van der Waals surface area contributed by atoms with E-state index >= 15 is 0 Å². The fourth-order valence-corrected chi connectivity index (χ4v) is 4.65. The number of alkyl carbamates (subject to hydrolysis) is 1. The second-order valence-corrected chi connectivity index (χ2v) is 11.0. The van der Waals surface area contributed by atoms with Gasteiger partial charge in [0.25, 0.3) is 0 Å². The van der Waals surface area contributed by atoms with E-state index in [0.29, 0.717) is 12.4 Å². The van der Waals surface area contributed by atoms with Gasteiger partial charge in [0, 0.05) is 35.8 Å². The van der Waals surface area contributed by atoms with Crippen LogP contribution in [0.3, 0.4) is 0 Å². The topological polar surface area (TPSA) is 76.8 Å². The van der Waals surface area contributed by atoms with Crippen molar-refractivity contribution in [1.82, 2.24) is 15.2 Å². The fourth-order valence-electron chi connectivity index (χ4n) is 4.65. The molecule has 4 rings (SSSR count). The van der Waals surface area contributed by atoms with Crippen molar-refractivity contribution in [2.24, 2.45) is 0 Å². The number of amides is 1. The normalized spacial score (nSPS) is 18.6. The van der Waals surface area contributed by atoms with Crippen molar-refractivity contribution < 1.29 is 23.1 Å². The van der Waals surface area contributed by atoms with Crippen molar-refractivity contribution in [3.8, 4) is 5.88 Å². The highest BCUT2D eigenvalue weighted by atomic mass is 19.1. The minimum atomic E-state index is -1.37. The summed E-state index contributed by atoms with van der Waals surface area (Å²) in [5.74, 6) is 1.28. The Morgan fingerprint density at radius 3 is 2.61 bits per heavy atom. The number of pyridine rings is 1.